The summed E-state index contributed by atoms with van der Waals surface area (Å²) in [4.78, 5) is 0. The number of aryl methyl sites for hydroxylation is 2. The van der Waals surface area contributed by atoms with Gasteiger partial charge in [0.05, 0.1) is 5.69 Å². The molecule has 17 heavy (non-hydrogen) atoms. The predicted molar refractivity (Wildman–Crippen MR) is 66.4 cm³/mol. The summed E-state index contributed by atoms with van der Waals surface area (Å²) >= 11 is 0. The van der Waals surface area contributed by atoms with Gasteiger partial charge in [-0.05, 0) is 18.6 Å². The van der Waals surface area contributed by atoms with E-state index in [4.69, 9.17) is 5.73 Å². The van der Waals surface area contributed by atoms with E-state index in [1.54, 1.807) is 6.07 Å². The van der Waals surface area contributed by atoms with Crippen molar-refractivity contribution in [1.82, 2.24) is 20.0 Å². The number of hydrogen-bond acceptors (Lipinski definition) is 5. The van der Waals surface area contributed by atoms with Crippen molar-refractivity contribution in [2.75, 3.05) is 11.1 Å². The summed E-state index contributed by atoms with van der Waals surface area (Å²) in [5.41, 5.74) is 7.74. The lowest BCUT2D eigenvalue weighted by atomic mass is 10.2. The topological polar surface area (TPSA) is 81.7 Å². The molecule has 2 aromatic rings. The van der Waals surface area contributed by atoms with Crippen molar-refractivity contribution in [1.29, 1.82) is 0 Å². The molecule has 0 unspecified atom stereocenters. The number of anilines is 2. The summed E-state index contributed by atoms with van der Waals surface area (Å²) in [7, 11) is 1.92. The Morgan fingerprint density at radius 1 is 1.35 bits per heavy atom. The number of rotatable bonds is 4. The molecule has 0 saturated carbocycles. The van der Waals surface area contributed by atoms with E-state index in [0.717, 1.165) is 12.1 Å². The van der Waals surface area contributed by atoms with Crippen molar-refractivity contribution in [2.45, 2.75) is 19.9 Å². The Balaban J connectivity index is 2.04. The molecule has 0 aromatic carbocycles. The number of nitrogens with zero attached hydrogens (tertiary/aromatic N) is 4. The highest BCUT2D eigenvalue weighted by atomic mass is 15.3. The lowest BCUT2D eigenvalue weighted by Gasteiger charge is -2.04. The van der Waals surface area contributed by atoms with Gasteiger partial charge in [-0.3, -0.25) is 4.68 Å². The highest BCUT2D eigenvalue weighted by Crippen LogP contribution is 2.10. The maximum Gasteiger partial charge on any atom is 0.149 e. The van der Waals surface area contributed by atoms with Crippen molar-refractivity contribution < 1.29 is 0 Å². The molecule has 0 atom stereocenters. The van der Waals surface area contributed by atoms with E-state index in [2.05, 4.69) is 27.5 Å². The molecule has 0 radical (unpaired) electrons. The van der Waals surface area contributed by atoms with E-state index in [1.807, 2.05) is 24.0 Å². The highest BCUT2D eigenvalue weighted by Gasteiger charge is 2.05. The van der Waals surface area contributed by atoms with Crippen LogP contribution in [0.5, 0.6) is 0 Å². The van der Waals surface area contributed by atoms with Gasteiger partial charge in [-0.15, -0.1) is 10.2 Å². The van der Waals surface area contributed by atoms with Crippen LogP contribution in [-0.2, 0) is 20.0 Å². The minimum atomic E-state index is 0.422. The molecule has 2 aromatic heterocycles. The summed E-state index contributed by atoms with van der Waals surface area (Å²) in [5.74, 6) is 1.14. The Morgan fingerprint density at radius 2 is 2.18 bits per heavy atom. The summed E-state index contributed by atoms with van der Waals surface area (Å²) in [6.07, 6.45) is 2.93. The summed E-state index contributed by atoms with van der Waals surface area (Å²) in [5, 5.41) is 15.3. The number of aromatic nitrogens is 4. The molecule has 6 heteroatoms. The second kappa shape index (κ2) is 4.82. The average molecular weight is 232 g/mol. The Labute approximate surface area is 99.9 Å². The molecule has 0 bridgehead atoms. The normalized spacial score (nSPS) is 10.5. The number of nitrogen functional groups attached to an aromatic ring is 1. The fourth-order valence-corrected chi connectivity index (χ4v) is 1.65. The first-order valence-electron chi connectivity index (χ1n) is 5.53. The average Bonchev–Trinajstić information content (AvgIpc) is 2.69. The van der Waals surface area contributed by atoms with Gasteiger partial charge in [-0.1, -0.05) is 6.92 Å². The lowest BCUT2D eigenvalue weighted by Crippen LogP contribution is -2.04. The lowest BCUT2D eigenvalue weighted by molar-refractivity contribution is 0.746. The molecule has 0 spiro atoms. The molecule has 3 N–H and O–H groups in total. The van der Waals surface area contributed by atoms with E-state index in [-0.39, 0.29) is 0 Å². The SMILES string of the molecule is CCc1nn(C)cc1CNc1ccc(N)nn1. The van der Waals surface area contributed by atoms with Gasteiger partial charge in [0, 0.05) is 25.4 Å². The van der Waals surface area contributed by atoms with Crippen LogP contribution in [0, 0.1) is 0 Å². The van der Waals surface area contributed by atoms with E-state index in [9.17, 15) is 0 Å². The van der Waals surface area contributed by atoms with Gasteiger partial charge in [0.25, 0.3) is 0 Å². The van der Waals surface area contributed by atoms with E-state index < -0.39 is 0 Å². The molecule has 0 amide bonds. The second-order valence-corrected chi connectivity index (χ2v) is 3.83. The number of nitrogens with one attached hydrogen (secondary N) is 1. The van der Waals surface area contributed by atoms with Crippen molar-refractivity contribution in [3.8, 4) is 0 Å². The van der Waals surface area contributed by atoms with Crippen LogP contribution in [-0.4, -0.2) is 20.0 Å². The van der Waals surface area contributed by atoms with E-state index in [1.165, 1.54) is 5.56 Å². The molecule has 2 rings (SSSR count). The molecule has 0 fully saturated rings. The van der Waals surface area contributed by atoms with Crippen LogP contribution in [0.2, 0.25) is 0 Å². The van der Waals surface area contributed by atoms with E-state index in [0.29, 0.717) is 18.2 Å². The van der Waals surface area contributed by atoms with E-state index >= 15 is 0 Å². The van der Waals surface area contributed by atoms with Gasteiger partial charge in [0.2, 0.25) is 0 Å². The fraction of sp³-hybridized carbons (Fsp3) is 0.364. The zero-order valence-electron chi connectivity index (χ0n) is 10.0. The molecule has 0 saturated heterocycles. The Kier molecular flexibility index (Phi) is 3.22. The maximum atomic E-state index is 5.47. The molecule has 0 aliphatic carbocycles. The van der Waals surface area contributed by atoms with Crippen molar-refractivity contribution in [3.05, 3.63) is 29.6 Å². The van der Waals surface area contributed by atoms with Gasteiger partial charge in [-0.2, -0.15) is 5.10 Å². The third-order valence-electron chi connectivity index (χ3n) is 2.47. The monoisotopic (exact) mass is 232 g/mol. The van der Waals surface area contributed by atoms with Gasteiger partial charge in [0.1, 0.15) is 11.6 Å². The van der Waals surface area contributed by atoms with Gasteiger partial charge in [0.15, 0.2) is 0 Å². The standard InChI is InChI=1S/C11H16N6/c1-3-9-8(7-17(2)16-9)6-13-11-5-4-10(12)14-15-11/h4-5,7H,3,6H2,1-2H3,(H2,12,14)(H,13,15). The Hall–Kier alpha value is -2.11. The van der Waals surface area contributed by atoms with Crippen LogP contribution in [0.25, 0.3) is 0 Å². The first-order chi connectivity index (χ1) is 8.19. The van der Waals surface area contributed by atoms with Crippen LogP contribution >= 0.6 is 0 Å². The van der Waals surface area contributed by atoms with Crippen LogP contribution in [0.1, 0.15) is 18.2 Å². The van der Waals surface area contributed by atoms with Crippen molar-refractivity contribution >= 4 is 11.6 Å². The molecule has 2 heterocycles. The Morgan fingerprint density at radius 3 is 2.82 bits per heavy atom. The zero-order chi connectivity index (χ0) is 12.3. The van der Waals surface area contributed by atoms with Gasteiger partial charge < -0.3 is 11.1 Å². The maximum absolute atomic E-state index is 5.47. The third kappa shape index (κ3) is 2.72. The number of hydrogen-bond donors (Lipinski definition) is 2. The first-order valence-corrected chi connectivity index (χ1v) is 5.53. The molecular weight excluding hydrogens is 216 g/mol. The number of nitrogens with two attached hydrogens (primary N) is 1. The highest BCUT2D eigenvalue weighted by molar-refractivity contribution is 5.39. The zero-order valence-corrected chi connectivity index (χ0v) is 10.0. The minimum absolute atomic E-state index is 0.422. The first kappa shape index (κ1) is 11.4. The quantitative estimate of drug-likeness (QED) is 0.820. The molecule has 0 aliphatic rings. The Bertz CT molecular complexity index is 487. The van der Waals surface area contributed by atoms with Gasteiger partial charge in [-0.25, -0.2) is 0 Å². The molecule has 90 valence electrons. The second-order valence-electron chi connectivity index (χ2n) is 3.83. The van der Waals surface area contributed by atoms with Crippen LogP contribution in [0.3, 0.4) is 0 Å². The summed E-state index contributed by atoms with van der Waals surface area (Å²) in [6, 6.07) is 3.53. The van der Waals surface area contributed by atoms with Crippen LogP contribution in [0.15, 0.2) is 18.3 Å². The molecular formula is C11H16N6. The smallest absolute Gasteiger partial charge is 0.149 e. The predicted octanol–water partition coefficient (Wildman–Crippen LogP) is 0.967. The van der Waals surface area contributed by atoms with Crippen molar-refractivity contribution in [2.24, 2.45) is 7.05 Å². The summed E-state index contributed by atoms with van der Waals surface area (Å²) in [6.45, 7) is 2.78. The third-order valence-corrected chi connectivity index (χ3v) is 2.47. The molecule has 0 aliphatic heterocycles. The van der Waals surface area contributed by atoms with Crippen LogP contribution in [0.4, 0.5) is 11.6 Å². The fourth-order valence-electron chi connectivity index (χ4n) is 1.65. The largest absolute Gasteiger partial charge is 0.382 e. The van der Waals surface area contributed by atoms with Crippen molar-refractivity contribution in [3.63, 3.8) is 0 Å². The summed E-state index contributed by atoms with van der Waals surface area (Å²) < 4.78 is 1.82. The molecule has 6 nitrogen and oxygen atoms in total. The van der Waals surface area contributed by atoms with Gasteiger partial charge >= 0.3 is 0 Å². The minimum Gasteiger partial charge on any atom is -0.382 e. The van der Waals surface area contributed by atoms with Crippen LogP contribution < -0.4 is 11.1 Å².